The summed E-state index contributed by atoms with van der Waals surface area (Å²) in [5.74, 6) is 1.10. The van der Waals surface area contributed by atoms with E-state index >= 15 is 0 Å². The molecule has 1 fully saturated rings. The molecule has 35 heavy (non-hydrogen) atoms. The Labute approximate surface area is 198 Å². The topological polar surface area (TPSA) is 100 Å². The van der Waals surface area contributed by atoms with Gasteiger partial charge in [0.1, 0.15) is 35.3 Å². The number of terminal acetylenes is 1. The lowest BCUT2D eigenvalue weighted by molar-refractivity contribution is -0.128. The number of pyridine rings is 1. The molecule has 8 nitrogen and oxygen atoms in total. The van der Waals surface area contributed by atoms with Gasteiger partial charge in [0, 0.05) is 26.1 Å². The zero-order valence-corrected chi connectivity index (χ0v) is 18.9. The number of aryl methyl sites for hydroxylation is 1. The van der Waals surface area contributed by atoms with Gasteiger partial charge in [-0.2, -0.15) is 0 Å². The van der Waals surface area contributed by atoms with E-state index in [4.69, 9.17) is 6.42 Å². The van der Waals surface area contributed by atoms with E-state index in [1.54, 1.807) is 0 Å². The second-order valence-corrected chi connectivity index (χ2v) is 8.40. The number of β-amino-alcohol motifs (C(OH)–C–C–N with tert-alkyl or cyclic N) is 1. The quantitative estimate of drug-likeness (QED) is 0.539. The highest BCUT2D eigenvalue weighted by atomic mass is 19.3. The summed E-state index contributed by atoms with van der Waals surface area (Å²) in [6.07, 6.45) is 3.90. The summed E-state index contributed by atoms with van der Waals surface area (Å²) in [7, 11) is 1.47. The number of hydrogen-bond acceptors (Lipinski definition) is 6. The first-order valence-corrected chi connectivity index (χ1v) is 10.7. The first-order chi connectivity index (χ1) is 16.6. The highest BCUT2D eigenvalue weighted by Gasteiger charge is 2.41. The molecule has 1 saturated heterocycles. The highest BCUT2D eigenvalue weighted by Crippen LogP contribution is 2.34. The van der Waals surface area contributed by atoms with Crippen LogP contribution in [0.5, 0.6) is 0 Å². The first kappa shape index (κ1) is 24.2. The number of halogens is 3. The van der Waals surface area contributed by atoms with Crippen molar-refractivity contribution >= 4 is 22.8 Å². The predicted molar refractivity (Wildman–Crippen MR) is 122 cm³/mol. The number of amides is 1. The van der Waals surface area contributed by atoms with E-state index in [1.807, 2.05) is 0 Å². The fourth-order valence-corrected chi connectivity index (χ4v) is 4.31. The van der Waals surface area contributed by atoms with E-state index in [2.05, 4.69) is 21.2 Å². The zero-order valence-electron chi connectivity index (χ0n) is 18.9. The lowest BCUT2D eigenvalue weighted by Crippen LogP contribution is -2.39. The number of nitrogens with zero attached hydrogens (tertiary/aromatic N) is 4. The number of fused-ring (bicyclic) bond motifs is 1. The van der Waals surface area contributed by atoms with Crippen molar-refractivity contribution in [2.45, 2.75) is 31.4 Å². The Balaban J connectivity index is 1.81. The van der Waals surface area contributed by atoms with Crippen molar-refractivity contribution < 1.29 is 23.1 Å². The summed E-state index contributed by atoms with van der Waals surface area (Å²) >= 11 is 0. The summed E-state index contributed by atoms with van der Waals surface area (Å²) in [4.78, 5) is 34.6. The van der Waals surface area contributed by atoms with Crippen molar-refractivity contribution in [3.63, 3.8) is 0 Å². The predicted octanol–water partition coefficient (Wildman–Crippen LogP) is 2.63. The molecule has 2 atom stereocenters. The van der Waals surface area contributed by atoms with Gasteiger partial charge in [0.05, 0.1) is 23.1 Å². The minimum atomic E-state index is -3.02. The fraction of sp³-hybridized carbons (Fsp3) is 0.333. The van der Waals surface area contributed by atoms with Crippen molar-refractivity contribution in [1.82, 2.24) is 19.4 Å². The minimum Gasteiger partial charge on any atom is -0.383 e. The summed E-state index contributed by atoms with van der Waals surface area (Å²) in [6.45, 7) is 1.60. The molecule has 0 saturated carbocycles. The molecule has 2 aromatic heterocycles. The fourth-order valence-electron chi connectivity index (χ4n) is 4.31. The van der Waals surface area contributed by atoms with E-state index < -0.39 is 35.0 Å². The Hall–Kier alpha value is -3.91. The molecule has 11 heteroatoms. The van der Waals surface area contributed by atoms with Crippen molar-refractivity contribution in [3.8, 4) is 12.3 Å². The molecule has 0 aliphatic carbocycles. The summed E-state index contributed by atoms with van der Waals surface area (Å²) in [6, 6.07) is 3.80. The molecule has 2 N–H and O–H groups in total. The molecule has 3 heterocycles. The number of rotatable bonds is 5. The summed E-state index contributed by atoms with van der Waals surface area (Å²) in [5.41, 5.74) is -2.80. The Kier molecular flexibility index (Phi) is 6.25. The molecule has 1 aromatic carbocycles. The Morgan fingerprint density at radius 1 is 1.31 bits per heavy atom. The molecule has 4 rings (SSSR count). The van der Waals surface area contributed by atoms with Crippen LogP contribution in [-0.4, -0.2) is 43.5 Å². The van der Waals surface area contributed by atoms with Gasteiger partial charge < -0.3 is 15.3 Å². The average Bonchev–Trinajstić information content (AvgIpc) is 3.23. The standard InChI is InChI=1S/C24H22F3N5O3/c1-4-18(14-6-5-7-15(19(14)25)20(26)27)30-21-16-10-17(23(34)31(3)22(16)29-12-28-21)24(35)8-9-32(11-24)13(2)33/h1,5-7,10,12,18,20,35H,8-9,11H2,2-3H3,(H,28,29,30)/t18-,24?/m1/s1. The van der Waals surface area contributed by atoms with Crippen molar-refractivity contribution in [2.24, 2.45) is 7.05 Å². The van der Waals surface area contributed by atoms with Gasteiger partial charge in [0.25, 0.3) is 12.0 Å². The SMILES string of the molecule is C#C[C@@H](Nc1ncnc2c1cc(C1(O)CCN(C(C)=O)C1)c(=O)n2C)c1cccc(C(F)F)c1F. The van der Waals surface area contributed by atoms with Crippen LogP contribution < -0.4 is 10.9 Å². The Morgan fingerprint density at radius 2 is 2.03 bits per heavy atom. The molecule has 1 aliphatic heterocycles. The molecular formula is C24H22F3N5O3. The van der Waals surface area contributed by atoms with Crippen LogP contribution in [0.2, 0.25) is 0 Å². The van der Waals surface area contributed by atoms with Gasteiger partial charge in [-0.3, -0.25) is 14.2 Å². The maximum atomic E-state index is 14.8. The molecule has 0 bridgehead atoms. The number of hydrogen-bond donors (Lipinski definition) is 2. The van der Waals surface area contributed by atoms with Gasteiger partial charge in [-0.05, 0) is 12.5 Å². The van der Waals surface area contributed by atoms with Crippen LogP contribution in [0.3, 0.4) is 0 Å². The van der Waals surface area contributed by atoms with E-state index in [9.17, 15) is 27.9 Å². The van der Waals surface area contributed by atoms with Gasteiger partial charge in [-0.15, -0.1) is 6.42 Å². The van der Waals surface area contributed by atoms with E-state index in [0.717, 1.165) is 6.07 Å². The van der Waals surface area contributed by atoms with Crippen LogP contribution in [0.15, 0.2) is 35.4 Å². The number of aromatic nitrogens is 3. The van der Waals surface area contributed by atoms with Gasteiger partial charge in [-0.1, -0.05) is 24.1 Å². The van der Waals surface area contributed by atoms with Crippen LogP contribution in [0.25, 0.3) is 11.0 Å². The highest BCUT2D eigenvalue weighted by molar-refractivity contribution is 5.87. The number of aliphatic hydroxyl groups is 1. The van der Waals surface area contributed by atoms with E-state index in [-0.39, 0.29) is 48.0 Å². The Bertz CT molecular complexity index is 1420. The molecule has 3 aromatic rings. The largest absolute Gasteiger partial charge is 0.383 e. The number of likely N-dealkylation sites (tertiary alicyclic amines) is 1. The molecule has 1 amide bonds. The van der Waals surface area contributed by atoms with Crippen LogP contribution in [0, 0.1) is 18.2 Å². The Morgan fingerprint density at radius 3 is 2.66 bits per heavy atom. The molecule has 1 unspecified atom stereocenters. The first-order valence-electron chi connectivity index (χ1n) is 10.7. The van der Waals surface area contributed by atoms with Gasteiger partial charge >= 0.3 is 0 Å². The molecule has 0 radical (unpaired) electrons. The second kappa shape index (κ2) is 9.03. The van der Waals surface area contributed by atoms with Crippen molar-refractivity contribution in [3.05, 3.63) is 63.5 Å². The monoisotopic (exact) mass is 485 g/mol. The van der Waals surface area contributed by atoms with Gasteiger partial charge in [-0.25, -0.2) is 23.1 Å². The van der Waals surface area contributed by atoms with E-state index in [1.165, 1.54) is 48.0 Å². The number of benzene rings is 1. The van der Waals surface area contributed by atoms with Crippen LogP contribution >= 0.6 is 0 Å². The summed E-state index contributed by atoms with van der Waals surface area (Å²) < 4.78 is 42.4. The van der Waals surface area contributed by atoms with Crippen LogP contribution in [0.1, 0.15) is 42.5 Å². The van der Waals surface area contributed by atoms with Crippen molar-refractivity contribution in [1.29, 1.82) is 0 Å². The van der Waals surface area contributed by atoms with Crippen molar-refractivity contribution in [2.75, 3.05) is 18.4 Å². The minimum absolute atomic E-state index is 0.0391. The number of carbonyl (C=O) groups excluding carboxylic acids is 1. The smallest absolute Gasteiger partial charge is 0.266 e. The number of carbonyl (C=O) groups is 1. The van der Waals surface area contributed by atoms with Crippen LogP contribution in [0.4, 0.5) is 19.0 Å². The third-order valence-corrected chi connectivity index (χ3v) is 6.25. The normalized spacial score (nSPS) is 18.6. The van der Waals surface area contributed by atoms with Gasteiger partial charge in [0.2, 0.25) is 5.91 Å². The molecule has 0 spiro atoms. The molecular weight excluding hydrogens is 463 g/mol. The lowest BCUT2D eigenvalue weighted by atomic mass is 9.93. The summed E-state index contributed by atoms with van der Waals surface area (Å²) in [5, 5.41) is 14.4. The maximum Gasteiger partial charge on any atom is 0.266 e. The number of nitrogens with one attached hydrogen (secondary N) is 1. The average molecular weight is 485 g/mol. The van der Waals surface area contributed by atoms with Crippen LogP contribution in [-0.2, 0) is 17.4 Å². The second-order valence-electron chi connectivity index (χ2n) is 8.40. The third-order valence-electron chi connectivity index (χ3n) is 6.25. The third kappa shape index (κ3) is 4.21. The van der Waals surface area contributed by atoms with E-state index in [0.29, 0.717) is 5.39 Å². The number of alkyl halides is 2. The zero-order chi connectivity index (χ0) is 25.5. The van der Waals surface area contributed by atoms with Gasteiger partial charge in [0.15, 0.2) is 0 Å². The number of anilines is 1. The molecule has 182 valence electrons. The lowest BCUT2D eigenvalue weighted by Gasteiger charge is -2.24. The molecule has 1 aliphatic rings. The maximum absolute atomic E-state index is 14.8.